The van der Waals surface area contributed by atoms with E-state index >= 15 is 0 Å². The topological polar surface area (TPSA) is 91.4 Å². The molecule has 3 aromatic rings. The van der Waals surface area contributed by atoms with Gasteiger partial charge in [0.1, 0.15) is 5.82 Å². The van der Waals surface area contributed by atoms with Gasteiger partial charge in [0.15, 0.2) is 17.3 Å². The monoisotopic (exact) mass is 451 g/mol. The molecule has 0 atom stereocenters. The van der Waals surface area contributed by atoms with Crippen LogP contribution in [0.25, 0.3) is 10.9 Å². The number of hydrogen-bond donors (Lipinski definition) is 2. The largest absolute Gasteiger partial charge is 0.493 e. The molecule has 0 unspecified atom stereocenters. The zero-order chi connectivity index (χ0) is 22.6. The van der Waals surface area contributed by atoms with Crippen LogP contribution in [-0.2, 0) is 0 Å². The molecule has 2 aliphatic rings. The smallest absolute Gasteiger partial charge is 0.227 e. The Bertz CT molecular complexity index is 1090. The van der Waals surface area contributed by atoms with Gasteiger partial charge in [0.05, 0.1) is 19.2 Å². The third-order valence-corrected chi connectivity index (χ3v) is 6.39. The van der Waals surface area contributed by atoms with Crippen LogP contribution in [0.1, 0.15) is 37.8 Å². The van der Waals surface area contributed by atoms with Gasteiger partial charge >= 0.3 is 0 Å². The van der Waals surface area contributed by atoms with Crippen LogP contribution in [0, 0.1) is 6.92 Å². The van der Waals surface area contributed by atoms with Gasteiger partial charge in [-0.1, -0.05) is 0 Å². The molecule has 2 aliphatic heterocycles. The summed E-state index contributed by atoms with van der Waals surface area (Å²) in [7, 11) is 1.67. The van der Waals surface area contributed by atoms with Crippen molar-refractivity contribution in [3.05, 3.63) is 23.9 Å². The first-order valence-corrected chi connectivity index (χ1v) is 12.0. The summed E-state index contributed by atoms with van der Waals surface area (Å²) in [5.74, 6) is 3.58. The molecule has 0 saturated carbocycles. The van der Waals surface area contributed by atoms with Crippen LogP contribution in [0.4, 0.5) is 17.6 Å². The highest BCUT2D eigenvalue weighted by atomic mass is 16.5. The molecule has 0 amide bonds. The maximum absolute atomic E-state index is 6.16. The Morgan fingerprint density at radius 3 is 2.52 bits per heavy atom. The zero-order valence-electron chi connectivity index (χ0n) is 19.6. The molecule has 9 nitrogen and oxygen atoms in total. The lowest BCUT2D eigenvalue weighted by molar-refractivity contribution is 0.254. The molecule has 0 aliphatic carbocycles. The van der Waals surface area contributed by atoms with Crippen LogP contribution in [0.15, 0.2) is 18.2 Å². The van der Waals surface area contributed by atoms with E-state index in [0.29, 0.717) is 18.2 Å². The van der Waals surface area contributed by atoms with Crippen molar-refractivity contribution < 1.29 is 9.47 Å². The molecule has 0 bridgehead atoms. The Labute approximate surface area is 194 Å². The van der Waals surface area contributed by atoms with E-state index in [-0.39, 0.29) is 0 Å². The fourth-order valence-electron chi connectivity index (χ4n) is 4.63. The zero-order valence-corrected chi connectivity index (χ0v) is 19.6. The van der Waals surface area contributed by atoms with E-state index in [4.69, 9.17) is 19.4 Å². The Morgan fingerprint density at radius 2 is 1.79 bits per heavy atom. The molecule has 1 aromatic carbocycles. The van der Waals surface area contributed by atoms with Crippen LogP contribution in [0.5, 0.6) is 11.5 Å². The van der Waals surface area contributed by atoms with Gasteiger partial charge in [-0.3, -0.25) is 5.10 Å². The second kappa shape index (κ2) is 9.82. The highest BCUT2D eigenvalue weighted by Gasteiger charge is 2.20. The van der Waals surface area contributed by atoms with Crippen LogP contribution in [0.2, 0.25) is 0 Å². The van der Waals surface area contributed by atoms with Crippen LogP contribution < -0.4 is 19.7 Å². The summed E-state index contributed by atoms with van der Waals surface area (Å²) in [6.07, 6.45) is 5.95. The molecule has 176 valence electrons. The summed E-state index contributed by atoms with van der Waals surface area (Å²) in [6.45, 7) is 8.07. The van der Waals surface area contributed by atoms with Crippen molar-refractivity contribution in [3.63, 3.8) is 0 Å². The van der Waals surface area contributed by atoms with E-state index in [9.17, 15) is 0 Å². The van der Waals surface area contributed by atoms with E-state index in [2.05, 4.69) is 25.3 Å². The van der Waals surface area contributed by atoms with Gasteiger partial charge in [-0.05, 0) is 58.2 Å². The third kappa shape index (κ3) is 4.98. The maximum Gasteiger partial charge on any atom is 0.227 e. The molecular weight excluding hydrogens is 418 g/mol. The minimum atomic E-state index is 0.653. The summed E-state index contributed by atoms with van der Waals surface area (Å²) in [4.78, 5) is 14.5. The maximum atomic E-state index is 6.16. The summed E-state index contributed by atoms with van der Waals surface area (Å²) in [6, 6.07) is 5.89. The number of aromatic amines is 1. The molecule has 5 rings (SSSR count). The van der Waals surface area contributed by atoms with Crippen LogP contribution in [0.3, 0.4) is 0 Å². The Morgan fingerprint density at radius 1 is 1.00 bits per heavy atom. The summed E-state index contributed by atoms with van der Waals surface area (Å²) in [5.41, 5.74) is 1.81. The van der Waals surface area contributed by atoms with Gasteiger partial charge in [0.2, 0.25) is 5.95 Å². The third-order valence-electron chi connectivity index (χ3n) is 6.39. The first-order valence-electron chi connectivity index (χ1n) is 12.0. The minimum absolute atomic E-state index is 0.653. The number of nitrogens with zero attached hydrogens (tertiary/aromatic N) is 5. The van der Waals surface area contributed by atoms with Crippen molar-refractivity contribution in [2.75, 3.05) is 56.7 Å². The number of ether oxygens (including phenoxy) is 2. The highest BCUT2D eigenvalue weighted by molar-refractivity contribution is 5.94. The number of H-pyrrole nitrogens is 1. The molecule has 2 aromatic heterocycles. The predicted octanol–water partition coefficient (Wildman–Crippen LogP) is 3.88. The molecule has 9 heteroatoms. The summed E-state index contributed by atoms with van der Waals surface area (Å²) in [5, 5.41) is 11.5. The molecular formula is C24H33N7O2. The van der Waals surface area contributed by atoms with Gasteiger partial charge < -0.3 is 24.6 Å². The molecule has 4 heterocycles. The van der Waals surface area contributed by atoms with E-state index < -0.39 is 0 Å². The van der Waals surface area contributed by atoms with Crippen LogP contribution in [-0.4, -0.2) is 71.5 Å². The number of rotatable bonds is 9. The molecule has 0 radical (unpaired) electrons. The average Bonchev–Trinajstić information content (AvgIpc) is 3.60. The second-order valence-electron chi connectivity index (χ2n) is 8.90. The van der Waals surface area contributed by atoms with Gasteiger partial charge in [-0.2, -0.15) is 10.1 Å². The number of benzene rings is 1. The number of hydrogen-bond acceptors (Lipinski definition) is 8. The number of nitrogens with one attached hydrogen (secondary N) is 2. The van der Waals surface area contributed by atoms with E-state index in [1.165, 1.54) is 25.9 Å². The van der Waals surface area contributed by atoms with Crippen molar-refractivity contribution in [2.45, 2.75) is 39.0 Å². The van der Waals surface area contributed by atoms with Gasteiger partial charge in [0, 0.05) is 42.8 Å². The quantitative estimate of drug-likeness (QED) is 0.474. The standard InChI is InChI=1S/C24H33N7O2/c1-17-14-22(29-28-17)26-23-18-15-20(32-2)21(33-13-7-10-30-8-3-4-9-30)16-19(18)25-24(27-23)31-11-5-6-12-31/h14-16H,3-13H2,1-2H3,(H2,25,26,27,28,29). The van der Waals surface area contributed by atoms with Crippen molar-refractivity contribution >= 4 is 28.5 Å². The summed E-state index contributed by atoms with van der Waals surface area (Å²) >= 11 is 0. The highest BCUT2D eigenvalue weighted by Crippen LogP contribution is 2.36. The molecule has 0 spiro atoms. The van der Waals surface area contributed by atoms with E-state index in [1.807, 2.05) is 25.1 Å². The van der Waals surface area contributed by atoms with Crippen molar-refractivity contribution in [3.8, 4) is 11.5 Å². The minimum Gasteiger partial charge on any atom is -0.493 e. The number of fused-ring (bicyclic) bond motifs is 1. The number of anilines is 3. The Balaban J connectivity index is 1.43. The lowest BCUT2D eigenvalue weighted by Gasteiger charge is -2.19. The number of aromatic nitrogens is 4. The molecule has 33 heavy (non-hydrogen) atoms. The van der Waals surface area contributed by atoms with Crippen molar-refractivity contribution in [1.29, 1.82) is 0 Å². The lowest BCUT2D eigenvalue weighted by atomic mass is 10.2. The van der Waals surface area contributed by atoms with Gasteiger partial charge in [-0.15, -0.1) is 0 Å². The fraction of sp³-hybridized carbons (Fsp3) is 0.542. The van der Waals surface area contributed by atoms with Crippen molar-refractivity contribution in [2.24, 2.45) is 0 Å². The first-order chi connectivity index (χ1) is 16.2. The number of likely N-dealkylation sites (tertiary alicyclic amines) is 1. The molecule has 2 N–H and O–H groups in total. The summed E-state index contributed by atoms with van der Waals surface area (Å²) < 4.78 is 11.8. The van der Waals surface area contributed by atoms with E-state index in [0.717, 1.165) is 73.0 Å². The molecule has 2 saturated heterocycles. The van der Waals surface area contributed by atoms with Crippen LogP contribution >= 0.6 is 0 Å². The lowest BCUT2D eigenvalue weighted by Crippen LogP contribution is -2.22. The van der Waals surface area contributed by atoms with Gasteiger partial charge in [-0.25, -0.2) is 4.98 Å². The Hall–Kier alpha value is -3.07. The fourth-order valence-corrected chi connectivity index (χ4v) is 4.63. The average molecular weight is 452 g/mol. The predicted molar refractivity (Wildman–Crippen MR) is 130 cm³/mol. The van der Waals surface area contributed by atoms with Gasteiger partial charge in [0.25, 0.3) is 0 Å². The molecule has 2 fully saturated rings. The number of methoxy groups -OCH3 is 1. The SMILES string of the molecule is COc1cc2c(Nc3cc(C)[nH]n3)nc(N3CCCC3)nc2cc1OCCCN1CCCC1. The first kappa shape index (κ1) is 21.8. The van der Waals surface area contributed by atoms with E-state index in [1.54, 1.807) is 7.11 Å². The Kier molecular flexibility index (Phi) is 6.48. The van der Waals surface area contributed by atoms with Crippen molar-refractivity contribution in [1.82, 2.24) is 25.1 Å². The number of aryl methyl sites for hydroxylation is 1. The second-order valence-corrected chi connectivity index (χ2v) is 8.90. The normalized spacial score (nSPS) is 16.6.